The summed E-state index contributed by atoms with van der Waals surface area (Å²) in [5.41, 5.74) is 0. The van der Waals surface area contributed by atoms with Crippen LogP contribution in [0, 0.1) is 0 Å². The molecule has 1 rings (SSSR count). The number of ether oxygens (including phenoxy) is 1. The average Bonchev–Trinajstić information content (AvgIpc) is 2.15. The molecule has 0 aromatic rings. The van der Waals surface area contributed by atoms with Crippen molar-refractivity contribution in [2.45, 2.75) is 56.9 Å². The normalized spacial score (nSPS) is 27.0. The molecule has 12 heavy (non-hydrogen) atoms. The lowest BCUT2D eigenvalue weighted by Gasteiger charge is -2.26. The third-order valence-electron chi connectivity index (χ3n) is 2.45. The fourth-order valence-corrected chi connectivity index (χ4v) is 1.99. The minimum absolute atomic E-state index is 0.255. The number of unbranched alkanes of at least 4 members (excludes halogenated alkanes) is 1. The first-order valence-corrected chi connectivity index (χ1v) is 5.54. The average molecular weight is 191 g/mol. The van der Waals surface area contributed by atoms with Crippen molar-refractivity contribution in [1.29, 1.82) is 0 Å². The summed E-state index contributed by atoms with van der Waals surface area (Å²) < 4.78 is 5.60. The molecule has 0 aromatic heterocycles. The van der Waals surface area contributed by atoms with E-state index in [9.17, 15) is 0 Å². The summed E-state index contributed by atoms with van der Waals surface area (Å²) in [5, 5.41) is 0.255. The van der Waals surface area contributed by atoms with Crippen LogP contribution in [0.4, 0.5) is 0 Å². The van der Waals surface area contributed by atoms with Gasteiger partial charge in [0.15, 0.2) is 0 Å². The highest BCUT2D eigenvalue weighted by atomic mass is 35.5. The van der Waals surface area contributed by atoms with Crippen molar-refractivity contribution in [3.8, 4) is 0 Å². The van der Waals surface area contributed by atoms with Gasteiger partial charge >= 0.3 is 0 Å². The second-order valence-electron chi connectivity index (χ2n) is 3.56. The maximum atomic E-state index is 6.21. The lowest BCUT2D eigenvalue weighted by Crippen LogP contribution is -2.28. The quantitative estimate of drug-likeness (QED) is 0.618. The number of hydrogen-bond acceptors (Lipinski definition) is 1. The van der Waals surface area contributed by atoms with E-state index in [1.165, 1.54) is 25.7 Å². The first kappa shape index (κ1) is 10.3. The van der Waals surface area contributed by atoms with Crippen molar-refractivity contribution in [3.63, 3.8) is 0 Å². The Bertz CT molecular complexity index is 110. The van der Waals surface area contributed by atoms with E-state index >= 15 is 0 Å². The standard InChI is InChI=1S/C10H19ClO/c1-2-3-6-9(11)10-7-4-5-8-12-10/h9-10H,2-8H2,1H3. The number of hydrogen-bond donors (Lipinski definition) is 0. The molecule has 1 fully saturated rings. The van der Waals surface area contributed by atoms with E-state index in [0.717, 1.165) is 19.4 Å². The van der Waals surface area contributed by atoms with Gasteiger partial charge in [0.05, 0.1) is 11.5 Å². The molecular weight excluding hydrogens is 172 g/mol. The van der Waals surface area contributed by atoms with Crippen molar-refractivity contribution in [1.82, 2.24) is 0 Å². The maximum Gasteiger partial charge on any atom is 0.0738 e. The summed E-state index contributed by atoms with van der Waals surface area (Å²) >= 11 is 6.21. The molecule has 1 nitrogen and oxygen atoms in total. The smallest absolute Gasteiger partial charge is 0.0738 e. The summed E-state index contributed by atoms with van der Waals surface area (Å²) in [6, 6.07) is 0. The third-order valence-corrected chi connectivity index (χ3v) is 2.95. The fraction of sp³-hybridized carbons (Fsp3) is 1.00. The topological polar surface area (TPSA) is 9.23 Å². The van der Waals surface area contributed by atoms with Crippen LogP contribution in [0.5, 0.6) is 0 Å². The SMILES string of the molecule is CCCCC(Cl)C1CCCCO1. The van der Waals surface area contributed by atoms with E-state index in [1.54, 1.807) is 0 Å². The molecule has 0 N–H and O–H groups in total. The first-order valence-electron chi connectivity index (χ1n) is 5.10. The van der Waals surface area contributed by atoms with Crippen LogP contribution in [0.1, 0.15) is 45.4 Å². The molecule has 0 aromatic carbocycles. The van der Waals surface area contributed by atoms with E-state index < -0.39 is 0 Å². The Balaban J connectivity index is 2.15. The zero-order chi connectivity index (χ0) is 8.81. The van der Waals surface area contributed by atoms with E-state index in [1.807, 2.05) is 0 Å². The number of alkyl halides is 1. The zero-order valence-electron chi connectivity index (χ0n) is 7.89. The Kier molecular flexibility index (Phi) is 5.01. The Morgan fingerprint density at radius 3 is 2.92 bits per heavy atom. The molecule has 0 amide bonds. The summed E-state index contributed by atoms with van der Waals surface area (Å²) in [6.07, 6.45) is 7.59. The van der Waals surface area contributed by atoms with Gasteiger partial charge in [-0.25, -0.2) is 0 Å². The van der Waals surface area contributed by atoms with Gasteiger partial charge < -0.3 is 4.74 Å². The Morgan fingerprint density at radius 1 is 1.50 bits per heavy atom. The monoisotopic (exact) mass is 190 g/mol. The van der Waals surface area contributed by atoms with Crippen LogP contribution in [0.2, 0.25) is 0 Å². The summed E-state index contributed by atoms with van der Waals surface area (Å²) in [6.45, 7) is 3.12. The third kappa shape index (κ3) is 3.32. The number of rotatable bonds is 4. The van der Waals surface area contributed by atoms with E-state index in [4.69, 9.17) is 16.3 Å². The van der Waals surface area contributed by atoms with Crippen molar-refractivity contribution in [2.24, 2.45) is 0 Å². The maximum absolute atomic E-state index is 6.21. The van der Waals surface area contributed by atoms with Gasteiger partial charge in [-0.05, 0) is 25.7 Å². The second-order valence-corrected chi connectivity index (χ2v) is 4.12. The molecule has 0 bridgehead atoms. The highest BCUT2D eigenvalue weighted by Crippen LogP contribution is 2.22. The van der Waals surface area contributed by atoms with E-state index in [0.29, 0.717) is 6.10 Å². The number of halogens is 1. The fourth-order valence-electron chi connectivity index (χ4n) is 1.64. The molecule has 0 saturated carbocycles. The van der Waals surface area contributed by atoms with Crippen molar-refractivity contribution in [2.75, 3.05) is 6.61 Å². The molecule has 2 atom stereocenters. The van der Waals surface area contributed by atoms with Gasteiger partial charge in [-0.3, -0.25) is 0 Å². The Hall–Kier alpha value is 0.250. The summed E-state index contributed by atoms with van der Waals surface area (Å²) in [4.78, 5) is 0. The van der Waals surface area contributed by atoms with Gasteiger partial charge in [0.2, 0.25) is 0 Å². The molecule has 0 aliphatic carbocycles. The molecule has 72 valence electrons. The minimum atomic E-state index is 0.255. The Labute approximate surface area is 80.4 Å². The summed E-state index contributed by atoms with van der Waals surface area (Å²) in [7, 11) is 0. The zero-order valence-corrected chi connectivity index (χ0v) is 8.65. The Morgan fingerprint density at radius 2 is 2.33 bits per heavy atom. The van der Waals surface area contributed by atoms with Crippen LogP contribution in [-0.2, 0) is 4.74 Å². The molecule has 1 saturated heterocycles. The van der Waals surface area contributed by atoms with Crippen molar-refractivity contribution in [3.05, 3.63) is 0 Å². The molecule has 2 heteroatoms. The van der Waals surface area contributed by atoms with Crippen molar-refractivity contribution >= 4 is 11.6 Å². The van der Waals surface area contributed by atoms with E-state index in [-0.39, 0.29) is 5.38 Å². The second kappa shape index (κ2) is 5.82. The van der Waals surface area contributed by atoms with Gasteiger partial charge in [-0.1, -0.05) is 19.8 Å². The van der Waals surface area contributed by atoms with Gasteiger partial charge in [0.25, 0.3) is 0 Å². The van der Waals surface area contributed by atoms with Crippen LogP contribution >= 0.6 is 11.6 Å². The molecule has 0 radical (unpaired) electrons. The van der Waals surface area contributed by atoms with Crippen LogP contribution in [0.15, 0.2) is 0 Å². The molecule has 1 heterocycles. The molecular formula is C10H19ClO. The van der Waals surface area contributed by atoms with Gasteiger partial charge in [0.1, 0.15) is 0 Å². The predicted octanol–water partition coefficient (Wildman–Crippen LogP) is 3.35. The lowest BCUT2D eigenvalue weighted by atomic mass is 10.0. The van der Waals surface area contributed by atoms with Crippen molar-refractivity contribution < 1.29 is 4.74 Å². The molecule has 1 aliphatic rings. The lowest BCUT2D eigenvalue weighted by molar-refractivity contribution is 0.0124. The van der Waals surface area contributed by atoms with E-state index in [2.05, 4.69) is 6.92 Å². The molecule has 1 aliphatic heterocycles. The molecule has 2 unspecified atom stereocenters. The van der Waals surface area contributed by atoms with Gasteiger partial charge in [0, 0.05) is 6.61 Å². The first-order chi connectivity index (χ1) is 5.84. The van der Waals surface area contributed by atoms with Crippen LogP contribution in [-0.4, -0.2) is 18.1 Å². The van der Waals surface area contributed by atoms with Crippen LogP contribution in [0.25, 0.3) is 0 Å². The predicted molar refractivity (Wildman–Crippen MR) is 52.8 cm³/mol. The van der Waals surface area contributed by atoms with Gasteiger partial charge in [-0.2, -0.15) is 0 Å². The highest BCUT2D eigenvalue weighted by molar-refractivity contribution is 6.21. The molecule has 0 spiro atoms. The summed E-state index contributed by atoms with van der Waals surface area (Å²) in [5.74, 6) is 0. The highest BCUT2D eigenvalue weighted by Gasteiger charge is 2.21. The largest absolute Gasteiger partial charge is 0.377 e. The van der Waals surface area contributed by atoms with Crippen LogP contribution < -0.4 is 0 Å². The van der Waals surface area contributed by atoms with Gasteiger partial charge in [-0.15, -0.1) is 11.6 Å². The minimum Gasteiger partial charge on any atom is -0.377 e. The van der Waals surface area contributed by atoms with Crippen LogP contribution in [0.3, 0.4) is 0 Å².